The van der Waals surface area contributed by atoms with Crippen LogP contribution in [0.5, 0.6) is 0 Å². The largest absolute Gasteiger partial charge is 0.0654 e. The Morgan fingerprint density at radius 2 is 0.870 bits per heavy atom. The Kier molecular flexibility index (Phi) is 14.4. The second-order valence-corrected chi connectivity index (χ2v) is 8.19. The summed E-state index contributed by atoms with van der Waals surface area (Å²) in [5.74, 6) is 1.90. The number of rotatable bonds is 16. The van der Waals surface area contributed by atoms with Gasteiger partial charge in [-0.3, -0.25) is 0 Å². The Labute approximate surface area is 149 Å². The number of hydrogen-bond acceptors (Lipinski definition) is 0. The maximum Gasteiger partial charge on any atom is -0.0292 e. The highest BCUT2D eigenvalue weighted by atomic mass is 14.4. The van der Waals surface area contributed by atoms with E-state index in [2.05, 4.69) is 41.5 Å². The Morgan fingerprint density at radius 3 is 1.13 bits per heavy atom. The minimum Gasteiger partial charge on any atom is -0.0654 e. The quantitative estimate of drug-likeness (QED) is 0.249. The van der Waals surface area contributed by atoms with E-state index in [-0.39, 0.29) is 0 Å². The molecule has 0 heteroatoms. The summed E-state index contributed by atoms with van der Waals surface area (Å²) in [5.41, 5.74) is 0.651. The molecular formula is C23H48. The third kappa shape index (κ3) is 9.78. The summed E-state index contributed by atoms with van der Waals surface area (Å²) in [6, 6.07) is 0. The van der Waals surface area contributed by atoms with Crippen LogP contribution in [0, 0.1) is 17.3 Å². The lowest BCUT2D eigenvalue weighted by Crippen LogP contribution is -2.27. The molecule has 0 aromatic carbocycles. The molecule has 0 aromatic heterocycles. The van der Waals surface area contributed by atoms with Crippen LogP contribution in [0.25, 0.3) is 0 Å². The van der Waals surface area contributed by atoms with Gasteiger partial charge in [-0.1, -0.05) is 106 Å². The van der Waals surface area contributed by atoms with Gasteiger partial charge < -0.3 is 0 Å². The molecule has 0 heterocycles. The minimum absolute atomic E-state index is 0.651. The molecule has 0 atom stereocenters. The Bertz CT molecular complexity index is 208. The normalized spacial score (nSPS) is 12.5. The summed E-state index contributed by atoms with van der Waals surface area (Å²) in [5, 5.41) is 0. The van der Waals surface area contributed by atoms with Crippen molar-refractivity contribution in [3.05, 3.63) is 0 Å². The van der Waals surface area contributed by atoms with Crippen LogP contribution in [0.4, 0.5) is 0 Å². The van der Waals surface area contributed by atoms with Gasteiger partial charge in [0.2, 0.25) is 0 Å². The van der Waals surface area contributed by atoms with Crippen LogP contribution in [0.15, 0.2) is 0 Å². The van der Waals surface area contributed by atoms with Crippen molar-refractivity contribution in [2.45, 2.75) is 131 Å². The Morgan fingerprint density at radius 1 is 0.522 bits per heavy atom. The zero-order valence-electron chi connectivity index (χ0n) is 17.6. The summed E-state index contributed by atoms with van der Waals surface area (Å²) in [7, 11) is 0. The summed E-state index contributed by atoms with van der Waals surface area (Å²) in [4.78, 5) is 0. The summed E-state index contributed by atoms with van der Waals surface area (Å²) < 4.78 is 0. The lowest BCUT2D eigenvalue weighted by Gasteiger charge is -2.40. The zero-order valence-corrected chi connectivity index (χ0v) is 17.6. The van der Waals surface area contributed by atoms with Gasteiger partial charge in [0, 0.05) is 0 Å². The number of hydrogen-bond donors (Lipinski definition) is 0. The molecule has 0 saturated heterocycles. The lowest BCUT2D eigenvalue weighted by atomic mass is 9.66. The average molecular weight is 325 g/mol. The van der Waals surface area contributed by atoms with Crippen LogP contribution in [-0.2, 0) is 0 Å². The van der Waals surface area contributed by atoms with E-state index >= 15 is 0 Å². The minimum atomic E-state index is 0.651. The van der Waals surface area contributed by atoms with Gasteiger partial charge in [-0.05, 0) is 42.9 Å². The Hall–Kier alpha value is 0. The van der Waals surface area contributed by atoms with E-state index in [4.69, 9.17) is 0 Å². The van der Waals surface area contributed by atoms with Crippen molar-refractivity contribution in [1.29, 1.82) is 0 Å². The highest BCUT2D eigenvalue weighted by Crippen LogP contribution is 2.45. The van der Waals surface area contributed by atoms with Gasteiger partial charge in [0.25, 0.3) is 0 Å². The predicted octanol–water partition coefficient (Wildman–Crippen LogP) is 8.79. The van der Waals surface area contributed by atoms with Gasteiger partial charge in [0.15, 0.2) is 0 Å². The number of unbranched alkanes of at least 4 members (excludes halogenated alkanes) is 4. The van der Waals surface area contributed by atoms with Crippen LogP contribution in [0.1, 0.15) is 131 Å². The van der Waals surface area contributed by atoms with E-state index < -0.39 is 0 Å². The highest BCUT2D eigenvalue weighted by molar-refractivity contribution is 4.84. The first kappa shape index (κ1) is 23.0. The molecule has 0 aliphatic rings. The fourth-order valence-corrected chi connectivity index (χ4v) is 4.50. The first-order valence-corrected chi connectivity index (χ1v) is 11.1. The fourth-order valence-electron chi connectivity index (χ4n) is 4.50. The van der Waals surface area contributed by atoms with Crippen molar-refractivity contribution in [1.82, 2.24) is 0 Å². The molecule has 0 amide bonds. The van der Waals surface area contributed by atoms with E-state index in [0.717, 1.165) is 11.8 Å². The van der Waals surface area contributed by atoms with E-state index in [1.165, 1.54) is 89.9 Å². The maximum atomic E-state index is 2.41. The van der Waals surface area contributed by atoms with E-state index in [1.54, 1.807) is 0 Å². The predicted molar refractivity (Wildman–Crippen MR) is 108 cm³/mol. The molecule has 0 fully saturated rings. The van der Waals surface area contributed by atoms with Crippen molar-refractivity contribution in [2.75, 3.05) is 0 Å². The molecule has 0 saturated carbocycles. The zero-order chi connectivity index (χ0) is 17.6. The molecule has 0 aliphatic heterocycles. The van der Waals surface area contributed by atoms with Gasteiger partial charge in [-0.2, -0.15) is 0 Å². The van der Waals surface area contributed by atoms with Gasteiger partial charge in [-0.15, -0.1) is 0 Å². The summed E-state index contributed by atoms with van der Waals surface area (Å²) in [6.07, 6.45) is 20.0. The fraction of sp³-hybridized carbons (Fsp3) is 1.00. The van der Waals surface area contributed by atoms with Crippen LogP contribution in [0.2, 0.25) is 0 Å². The molecule has 0 rings (SSSR count). The van der Waals surface area contributed by atoms with Gasteiger partial charge in [0.05, 0.1) is 0 Å². The first-order chi connectivity index (χ1) is 11.1. The maximum absolute atomic E-state index is 2.41. The van der Waals surface area contributed by atoms with Crippen molar-refractivity contribution < 1.29 is 0 Å². The van der Waals surface area contributed by atoms with Gasteiger partial charge in [-0.25, -0.2) is 0 Å². The molecule has 0 unspecified atom stereocenters. The smallest absolute Gasteiger partial charge is 0.0292 e. The molecule has 140 valence electrons. The monoisotopic (exact) mass is 324 g/mol. The average Bonchev–Trinajstić information content (AvgIpc) is 2.58. The van der Waals surface area contributed by atoms with Crippen LogP contribution < -0.4 is 0 Å². The SMILES string of the molecule is CCCCCC(CCCCC)(CC(CC)CC)CC(CC)CC. The molecule has 0 bridgehead atoms. The molecule has 0 radical (unpaired) electrons. The highest BCUT2D eigenvalue weighted by Gasteiger charge is 2.33. The van der Waals surface area contributed by atoms with E-state index in [0.29, 0.717) is 5.41 Å². The van der Waals surface area contributed by atoms with Crippen molar-refractivity contribution in [2.24, 2.45) is 17.3 Å². The molecule has 0 aromatic rings. The van der Waals surface area contributed by atoms with Crippen LogP contribution in [-0.4, -0.2) is 0 Å². The molecule has 0 N–H and O–H groups in total. The van der Waals surface area contributed by atoms with Crippen LogP contribution >= 0.6 is 0 Å². The summed E-state index contributed by atoms with van der Waals surface area (Å²) >= 11 is 0. The van der Waals surface area contributed by atoms with Crippen LogP contribution in [0.3, 0.4) is 0 Å². The molecule has 0 spiro atoms. The third-order valence-electron chi connectivity index (χ3n) is 6.37. The van der Waals surface area contributed by atoms with Crippen molar-refractivity contribution >= 4 is 0 Å². The van der Waals surface area contributed by atoms with Crippen molar-refractivity contribution in [3.63, 3.8) is 0 Å². The second-order valence-electron chi connectivity index (χ2n) is 8.19. The van der Waals surface area contributed by atoms with Crippen molar-refractivity contribution in [3.8, 4) is 0 Å². The summed E-state index contributed by atoms with van der Waals surface area (Å²) in [6.45, 7) is 14.3. The molecule has 23 heavy (non-hydrogen) atoms. The Balaban J connectivity index is 5.12. The first-order valence-electron chi connectivity index (χ1n) is 11.1. The molecule has 0 nitrogen and oxygen atoms in total. The van der Waals surface area contributed by atoms with Gasteiger partial charge in [0.1, 0.15) is 0 Å². The topological polar surface area (TPSA) is 0 Å². The third-order valence-corrected chi connectivity index (χ3v) is 6.37. The molecular weight excluding hydrogens is 276 g/mol. The lowest BCUT2D eigenvalue weighted by molar-refractivity contribution is 0.117. The van der Waals surface area contributed by atoms with Gasteiger partial charge >= 0.3 is 0 Å². The standard InChI is InChI=1S/C23H48/c1-7-13-15-17-23(18-16-14-8-2,19-21(9-3)10-4)20-22(11-5)12-6/h21-22H,7-20H2,1-6H3. The van der Waals surface area contributed by atoms with E-state index in [1.807, 2.05) is 0 Å². The molecule has 0 aliphatic carbocycles. The van der Waals surface area contributed by atoms with E-state index in [9.17, 15) is 0 Å². The second kappa shape index (κ2) is 14.4.